The van der Waals surface area contributed by atoms with Crippen LogP contribution < -0.4 is 4.90 Å². The average Bonchev–Trinajstić information content (AvgIpc) is 3.18. The van der Waals surface area contributed by atoms with E-state index >= 15 is 0 Å². The fraction of sp³-hybridized carbons (Fsp3) is 0.409. The van der Waals surface area contributed by atoms with Gasteiger partial charge in [-0.05, 0) is 43.5 Å². The van der Waals surface area contributed by atoms with Gasteiger partial charge >= 0.3 is 0 Å². The summed E-state index contributed by atoms with van der Waals surface area (Å²) in [5.74, 6) is 1.96. The molecule has 7 heteroatoms. The quantitative estimate of drug-likeness (QED) is 0.600. The molecule has 0 saturated carbocycles. The maximum atomic E-state index is 6.13. The van der Waals surface area contributed by atoms with Crippen molar-refractivity contribution in [2.45, 2.75) is 38.8 Å². The van der Waals surface area contributed by atoms with E-state index in [9.17, 15) is 0 Å². The Hall–Kier alpha value is -2.02. The summed E-state index contributed by atoms with van der Waals surface area (Å²) in [5, 5.41) is 0. The fourth-order valence-corrected chi connectivity index (χ4v) is 5.37. The maximum Gasteiger partial charge on any atom is 0.161 e. The van der Waals surface area contributed by atoms with Crippen molar-refractivity contribution in [3.8, 4) is 11.4 Å². The van der Waals surface area contributed by atoms with Gasteiger partial charge in [0, 0.05) is 67.5 Å². The molecular formula is C22H24ClN5S. The van der Waals surface area contributed by atoms with Crippen LogP contribution >= 0.6 is 22.9 Å². The Morgan fingerprint density at radius 3 is 2.55 bits per heavy atom. The number of thiophene rings is 1. The van der Waals surface area contributed by atoms with E-state index in [1.165, 1.54) is 35.4 Å². The number of hydrogen-bond acceptors (Lipinski definition) is 6. The second kappa shape index (κ2) is 8.38. The largest absolute Gasteiger partial charge is 0.356 e. The van der Waals surface area contributed by atoms with Gasteiger partial charge in [0.15, 0.2) is 5.82 Å². The van der Waals surface area contributed by atoms with Crippen LogP contribution in [0, 0.1) is 0 Å². The van der Waals surface area contributed by atoms with Crippen LogP contribution in [0.4, 0.5) is 5.82 Å². The van der Waals surface area contributed by atoms with Crippen LogP contribution in [-0.4, -0.2) is 39.5 Å². The summed E-state index contributed by atoms with van der Waals surface area (Å²) < 4.78 is 0.858. The van der Waals surface area contributed by atoms with Crippen LogP contribution in [0.2, 0.25) is 4.34 Å². The molecule has 5 rings (SSSR count). The molecule has 0 N–H and O–H groups in total. The molecule has 3 aromatic heterocycles. The summed E-state index contributed by atoms with van der Waals surface area (Å²) in [7, 11) is 0. The standard InChI is InChI=1S/C22H24ClN5S/c23-20-5-4-17(29-20)14-27-13-8-19-18(15-27)22(28-11-2-1-3-12-28)26-21(25-19)16-6-9-24-10-7-16/h4-7,9-10H,1-3,8,11-15H2. The van der Waals surface area contributed by atoms with Crippen molar-refractivity contribution < 1.29 is 0 Å². The molecule has 2 aliphatic rings. The van der Waals surface area contributed by atoms with E-state index in [2.05, 4.69) is 20.9 Å². The molecule has 0 spiro atoms. The summed E-state index contributed by atoms with van der Waals surface area (Å²) >= 11 is 7.80. The summed E-state index contributed by atoms with van der Waals surface area (Å²) in [5.41, 5.74) is 3.54. The van der Waals surface area contributed by atoms with Gasteiger partial charge in [-0.3, -0.25) is 9.88 Å². The van der Waals surface area contributed by atoms with E-state index in [4.69, 9.17) is 21.6 Å². The first kappa shape index (κ1) is 19.0. The molecule has 0 unspecified atom stereocenters. The second-order valence-corrected chi connectivity index (χ2v) is 9.55. The predicted molar refractivity (Wildman–Crippen MR) is 118 cm³/mol. The number of nitrogens with zero attached hydrogens (tertiary/aromatic N) is 5. The van der Waals surface area contributed by atoms with Crippen LogP contribution in [0.1, 0.15) is 35.4 Å². The Labute approximate surface area is 180 Å². The van der Waals surface area contributed by atoms with E-state index in [-0.39, 0.29) is 0 Å². The van der Waals surface area contributed by atoms with Crippen molar-refractivity contribution in [2.24, 2.45) is 0 Å². The number of piperidine rings is 1. The zero-order valence-electron chi connectivity index (χ0n) is 16.4. The Morgan fingerprint density at radius 2 is 1.79 bits per heavy atom. The average molecular weight is 426 g/mol. The first-order valence-corrected chi connectivity index (χ1v) is 11.5. The van der Waals surface area contributed by atoms with E-state index in [0.29, 0.717) is 0 Å². The highest BCUT2D eigenvalue weighted by Gasteiger charge is 2.26. The molecule has 1 saturated heterocycles. The van der Waals surface area contributed by atoms with Gasteiger partial charge in [0.2, 0.25) is 0 Å². The lowest BCUT2D eigenvalue weighted by molar-refractivity contribution is 0.245. The third-order valence-electron chi connectivity index (χ3n) is 5.72. The summed E-state index contributed by atoms with van der Waals surface area (Å²) in [4.78, 5) is 20.5. The van der Waals surface area contributed by atoms with Crippen LogP contribution in [0.15, 0.2) is 36.7 Å². The molecule has 0 aromatic carbocycles. The molecule has 5 heterocycles. The highest BCUT2D eigenvalue weighted by atomic mass is 35.5. The molecule has 2 aliphatic heterocycles. The Kier molecular flexibility index (Phi) is 5.48. The number of fused-ring (bicyclic) bond motifs is 1. The minimum Gasteiger partial charge on any atom is -0.356 e. The Morgan fingerprint density at radius 1 is 0.966 bits per heavy atom. The molecule has 5 nitrogen and oxygen atoms in total. The second-order valence-electron chi connectivity index (χ2n) is 7.75. The van der Waals surface area contributed by atoms with E-state index < -0.39 is 0 Å². The van der Waals surface area contributed by atoms with E-state index in [1.807, 2.05) is 30.6 Å². The molecule has 0 bridgehead atoms. The van der Waals surface area contributed by atoms with Gasteiger partial charge in [-0.15, -0.1) is 11.3 Å². The molecule has 0 atom stereocenters. The number of hydrogen-bond donors (Lipinski definition) is 0. The van der Waals surface area contributed by atoms with Gasteiger partial charge in [0.1, 0.15) is 5.82 Å². The van der Waals surface area contributed by atoms with Crippen molar-refractivity contribution in [1.29, 1.82) is 0 Å². The van der Waals surface area contributed by atoms with Gasteiger partial charge in [-0.1, -0.05) is 11.6 Å². The molecular weight excluding hydrogens is 402 g/mol. The molecule has 0 aliphatic carbocycles. The number of halogens is 1. The first-order chi connectivity index (χ1) is 14.3. The van der Waals surface area contributed by atoms with Crippen LogP contribution in [-0.2, 0) is 19.5 Å². The zero-order valence-corrected chi connectivity index (χ0v) is 17.9. The normalized spacial score (nSPS) is 17.3. The lowest BCUT2D eigenvalue weighted by atomic mass is 10.0. The summed E-state index contributed by atoms with van der Waals surface area (Å²) in [6.45, 7) is 5.00. The summed E-state index contributed by atoms with van der Waals surface area (Å²) in [6.07, 6.45) is 8.36. The van der Waals surface area contributed by atoms with Gasteiger partial charge in [-0.2, -0.15) is 0 Å². The Balaban J connectivity index is 1.49. The SMILES string of the molecule is Clc1ccc(CN2CCc3nc(-c4ccncc4)nc(N4CCCCC4)c3C2)s1. The topological polar surface area (TPSA) is 45.2 Å². The lowest BCUT2D eigenvalue weighted by Gasteiger charge is -2.34. The maximum absolute atomic E-state index is 6.13. The van der Waals surface area contributed by atoms with Crippen LogP contribution in [0.25, 0.3) is 11.4 Å². The highest BCUT2D eigenvalue weighted by molar-refractivity contribution is 7.16. The third-order valence-corrected chi connectivity index (χ3v) is 6.94. The Bertz CT molecular complexity index is 984. The van der Waals surface area contributed by atoms with Crippen molar-refractivity contribution in [2.75, 3.05) is 24.5 Å². The van der Waals surface area contributed by atoms with E-state index in [0.717, 1.165) is 60.7 Å². The fourth-order valence-electron chi connectivity index (χ4n) is 4.24. The number of anilines is 1. The third kappa shape index (κ3) is 4.15. The van der Waals surface area contributed by atoms with Gasteiger partial charge in [0.25, 0.3) is 0 Å². The highest BCUT2D eigenvalue weighted by Crippen LogP contribution is 2.32. The molecule has 29 heavy (non-hydrogen) atoms. The smallest absolute Gasteiger partial charge is 0.161 e. The van der Waals surface area contributed by atoms with Gasteiger partial charge in [0.05, 0.1) is 10.0 Å². The molecule has 150 valence electrons. The van der Waals surface area contributed by atoms with Crippen molar-refractivity contribution in [3.05, 3.63) is 57.1 Å². The summed E-state index contributed by atoms with van der Waals surface area (Å²) in [6, 6.07) is 8.12. The molecule has 3 aromatic rings. The van der Waals surface area contributed by atoms with E-state index in [1.54, 1.807) is 11.3 Å². The van der Waals surface area contributed by atoms with Crippen molar-refractivity contribution in [3.63, 3.8) is 0 Å². The monoisotopic (exact) mass is 425 g/mol. The first-order valence-electron chi connectivity index (χ1n) is 10.3. The number of aromatic nitrogens is 3. The van der Waals surface area contributed by atoms with Crippen LogP contribution in [0.5, 0.6) is 0 Å². The predicted octanol–water partition coefficient (Wildman–Crippen LogP) is 4.80. The number of pyridine rings is 1. The molecule has 1 fully saturated rings. The van der Waals surface area contributed by atoms with Gasteiger partial charge < -0.3 is 4.90 Å². The van der Waals surface area contributed by atoms with Crippen molar-refractivity contribution >= 4 is 28.8 Å². The minimum absolute atomic E-state index is 0.824. The zero-order chi connectivity index (χ0) is 19.6. The molecule has 0 radical (unpaired) electrons. The van der Waals surface area contributed by atoms with Gasteiger partial charge in [-0.25, -0.2) is 9.97 Å². The van der Waals surface area contributed by atoms with Crippen LogP contribution in [0.3, 0.4) is 0 Å². The molecule has 0 amide bonds. The minimum atomic E-state index is 0.824. The number of rotatable bonds is 4. The lowest BCUT2D eigenvalue weighted by Crippen LogP contribution is -2.36. The van der Waals surface area contributed by atoms with Crippen molar-refractivity contribution in [1.82, 2.24) is 19.9 Å².